The van der Waals surface area contributed by atoms with Gasteiger partial charge < -0.3 is 10.2 Å². The lowest BCUT2D eigenvalue weighted by molar-refractivity contribution is 0.923. The number of nitrogens with one attached hydrogen (secondary N) is 1. The largest absolute Gasteiger partial charge is 0.356 e. The number of fused-ring (bicyclic) bond motifs is 1. The lowest BCUT2D eigenvalue weighted by Gasteiger charge is -2.18. The van der Waals surface area contributed by atoms with Crippen LogP contribution in [0.4, 0.5) is 17.5 Å². The molecule has 0 amide bonds. The molecule has 0 unspecified atom stereocenters. The molecule has 0 aliphatic carbocycles. The van der Waals surface area contributed by atoms with E-state index in [1.54, 1.807) is 6.20 Å². The van der Waals surface area contributed by atoms with Crippen molar-refractivity contribution in [2.45, 2.75) is 19.8 Å². The van der Waals surface area contributed by atoms with Gasteiger partial charge in [0.1, 0.15) is 5.82 Å². The van der Waals surface area contributed by atoms with E-state index in [1.165, 1.54) is 12.8 Å². The second-order valence-electron chi connectivity index (χ2n) is 5.89. The Morgan fingerprint density at radius 3 is 2.74 bits per heavy atom. The fourth-order valence-corrected chi connectivity index (χ4v) is 3.04. The third-order valence-electron chi connectivity index (χ3n) is 4.15. The molecule has 1 aromatic carbocycles. The SMILES string of the molecule is Cc1cc(N2CCCC2)nc(Nc2cccc3cccnc23)n1. The number of hydrogen-bond acceptors (Lipinski definition) is 5. The summed E-state index contributed by atoms with van der Waals surface area (Å²) in [5.74, 6) is 1.63. The monoisotopic (exact) mass is 305 g/mol. The molecular weight excluding hydrogens is 286 g/mol. The molecule has 1 aliphatic rings. The van der Waals surface area contributed by atoms with Crippen molar-refractivity contribution in [2.24, 2.45) is 0 Å². The zero-order chi connectivity index (χ0) is 15.6. The van der Waals surface area contributed by atoms with Gasteiger partial charge in [-0.3, -0.25) is 4.98 Å². The van der Waals surface area contributed by atoms with Crippen LogP contribution in [-0.4, -0.2) is 28.0 Å². The standard InChI is InChI=1S/C18H19N5/c1-13-12-16(23-10-2-3-11-23)22-18(20-13)21-15-8-4-6-14-7-5-9-19-17(14)15/h4-9,12H,2-3,10-11H2,1H3,(H,20,21,22). The predicted octanol–water partition coefficient (Wildman–Crippen LogP) is 3.68. The Balaban J connectivity index is 1.70. The molecule has 0 saturated carbocycles. The summed E-state index contributed by atoms with van der Waals surface area (Å²) in [7, 11) is 0. The molecule has 0 bridgehead atoms. The van der Waals surface area contributed by atoms with Gasteiger partial charge in [-0.1, -0.05) is 18.2 Å². The van der Waals surface area contributed by atoms with E-state index in [-0.39, 0.29) is 0 Å². The summed E-state index contributed by atoms with van der Waals surface area (Å²) >= 11 is 0. The van der Waals surface area contributed by atoms with Crippen LogP contribution < -0.4 is 10.2 Å². The molecule has 3 heterocycles. The summed E-state index contributed by atoms with van der Waals surface area (Å²) in [4.78, 5) is 16.0. The first-order valence-corrected chi connectivity index (χ1v) is 8.01. The van der Waals surface area contributed by atoms with Crippen molar-refractivity contribution in [3.05, 3.63) is 48.3 Å². The Hall–Kier alpha value is -2.69. The third kappa shape index (κ3) is 2.82. The molecule has 0 spiro atoms. The third-order valence-corrected chi connectivity index (χ3v) is 4.15. The summed E-state index contributed by atoms with van der Waals surface area (Å²) in [5, 5.41) is 4.44. The van der Waals surface area contributed by atoms with E-state index in [4.69, 9.17) is 4.98 Å². The Labute approximate surface area is 135 Å². The highest BCUT2D eigenvalue weighted by Crippen LogP contribution is 2.25. The second kappa shape index (κ2) is 5.83. The predicted molar refractivity (Wildman–Crippen MR) is 93.2 cm³/mol. The molecule has 1 aliphatic heterocycles. The maximum absolute atomic E-state index is 4.69. The van der Waals surface area contributed by atoms with E-state index >= 15 is 0 Å². The molecule has 0 radical (unpaired) electrons. The van der Waals surface area contributed by atoms with Crippen LogP contribution in [0.25, 0.3) is 10.9 Å². The fourth-order valence-electron chi connectivity index (χ4n) is 3.04. The van der Waals surface area contributed by atoms with Crippen molar-refractivity contribution >= 4 is 28.4 Å². The summed E-state index contributed by atoms with van der Waals surface area (Å²) in [6.07, 6.45) is 4.28. The van der Waals surface area contributed by atoms with Gasteiger partial charge in [0.15, 0.2) is 0 Å². The quantitative estimate of drug-likeness (QED) is 0.800. The first kappa shape index (κ1) is 13.9. The molecule has 1 saturated heterocycles. The van der Waals surface area contributed by atoms with Crippen LogP contribution in [0.2, 0.25) is 0 Å². The maximum Gasteiger partial charge on any atom is 0.229 e. The van der Waals surface area contributed by atoms with Gasteiger partial charge in [-0.15, -0.1) is 0 Å². The van der Waals surface area contributed by atoms with Crippen molar-refractivity contribution in [2.75, 3.05) is 23.3 Å². The van der Waals surface area contributed by atoms with Crippen LogP contribution in [0, 0.1) is 6.92 Å². The van der Waals surface area contributed by atoms with Gasteiger partial charge in [0, 0.05) is 36.4 Å². The molecule has 116 valence electrons. The molecule has 4 rings (SSSR count). The van der Waals surface area contributed by atoms with E-state index in [0.717, 1.165) is 41.2 Å². The number of pyridine rings is 1. The number of rotatable bonds is 3. The van der Waals surface area contributed by atoms with Crippen LogP contribution in [0.1, 0.15) is 18.5 Å². The lowest BCUT2D eigenvalue weighted by atomic mass is 10.2. The highest BCUT2D eigenvalue weighted by atomic mass is 15.2. The number of para-hydroxylation sites is 1. The van der Waals surface area contributed by atoms with Gasteiger partial charge in [0.2, 0.25) is 5.95 Å². The van der Waals surface area contributed by atoms with Gasteiger partial charge in [-0.25, -0.2) is 4.98 Å². The van der Waals surface area contributed by atoms with E-state index < -0.39 is 0 Å². The average Bonchev–Trinajstić information content (AvgIpc) is 3.09. The minimum Gasteiger partial charge on any atom is -0.356 e. The van der Waals surface area contributed by atoms with Crippen molar-refractivity contribution in [3.8, 4) is 0 Å². The van der Waals surface area contributed by atoms with Gasteiger partial charge in [-0.2, -0.15) is 4.98 Å². The zero-order valence-electron chi connectivity index (χ0n) is 13.2. The minimum atomic E-state index is 0.630. The van der Waals surface area contributed by atoms with Gasteiger partial charge in [-0.05, 0) is 31.9 Å². The minimum absolute atomic E-state index is 0.630. The van der Waals surface area contributed by atoms with Gasteiger partial charge in [0.05, 0.1) is 11.2 Å². The molecule has 2 aromatic heterocycles. The van der Waals surface area contributed by atoms with E-state index in [9.17, 15) is 0 Å². The first-order chi connectivity index (χ1) is 11.3. The lowest BCUT2D eigenvalue weighted by Crippen LogP contribution is -2.19. The Bertz CT molecular complexity index is 834. The molecule has 3 aromatic rings. The highest BCUT2D eigenvalue weighted by molar-refractivity contribution is 5.91. The van der Waals surface area contributed by atoms with Crippen LogP contribution in [0.5, 0.6) is 0 Å². The topological polar surface area (TPSA) is 53.9 Å². The molecule has 1 fully saturated rings. The maximum atomic E-state index is 4.69. The van der Waals surface area contributed by atoms with Crippen LogP contribution in [-0.2, 0) is 0 Å². The van der Waals surface area contributed by atoms with E-state index in [1.807, 2.05) is 25.1 Å². The molecule has 1 N–H and O–H groups in total. The summed E-state index contributed by atoms with van der Waals surface area (Å²) in [5.41, 5.74) is 2.83. The van der Waals surface area contributed by atoms with Gasteiger partial charge >= 0.3 is 0 Å². The highest BCUT2D eigenvalue weighted by Gasteiger charge is 2.15. The second-order valence-corrected chi connectivity index (χ2v) is 5.89. The molecule has 5 nitrogen and oxygen atoms in total. The molecule has 5 heteroatoms. The first-order valence-electron chi connectivity index (χ1n) is 8.01. The Kier molecular flexibility index (Phi) is 3.54. The molecular formula is C18H19N5. The number of aromatic nitrogens is 3. The average molecular weight is 305 g/mol. The van der Waals surface area contributed by atoms with Crippen LogP contribution in [0.3, 0.4) is 0 Å². The van der Waals surface area contributed by atoms with Crippen LogP contribution in [0.15, 0.2) is 42.6 Å². The summed E-state index contributed by atoms with van der Waals surface area (Å²) in [6, 6.07) is 12.1. The Morgan fingerprint density at radius 1 is 1.04 bits per heavy atom. The number of aryl methyl sites for hydroxylation is 1. The molecule has 0 atom stereocenters. The number of hydrogen-bond donors (Lipinski definition) is 1. The van der Waals surface area contributed by atoms with E-state index in [0.29, 0.717) is 5.95 Å². The van der Waals surface area contributed by atoms with Crippen molar-refractivity contribution in [1.29, 1.82) is 0 Å². The summed E-state index contributed by atoms with van der Waals surface area (Å²) < 4.78 is 0. The Morgan fingerprint density at radius 2 is 1.87 bits per heavy atom. The molecule has 23 heavy (non-hydrogen) atoms. The van der Waals surface area contributed by atoms with Gasteiger partial charge in [0.25, 0.3) is 0 Å². The summed E-state index contributed by atoms with van der Waals surface area (Å²) in [6.45, 7) is 4.16. The normalized spacial score (nSPS) is 14.4. The van der Waals surface area contributed by atoms with E-state index in [2.05, 4.69) is 38.4 Å². The zero-order valence-corrected chi connectivity index (χ0v) is 13.2. The number of anilines is 3. The van der Waals surface area contributed by atoms with Crippen LogP contribution >= 0.6 is 0 Å². The van der Waals surface area contributed by atoms with Crippen molar-refractivity contribution in [1.82, 2.24) is 15.0 Å². The number of benzene rings is 1. The van der Waals surface area contributed by atoms with Crippen molar-refractivity contribution < 1.29 is 0 Å². The number of nitrogens with zero attached hydrogens (tertiary/aromatic N) is 4. The fraction of sp³-hybridized carbons (Fsp3) is 0.278. The van der Waals surface area contributed by atoms with Crippen molar-refractivity contribution in [3.63, 3.8) is 0 Å². The smallest absolute Gasteiger partial charge is 0.229 e.